The van der Waals surface area contributed by atoms with Crippen molar-refractivity contribution in [2.75, 3.05) is 0 Å². The number of hydrogen-bond acceptors (Lipinski definition) is 11. The first-order chi connectivity index (χ1) is 15.1. The molecule has 5 atom stereocenters. The smallest absolute Gasteiger partial charge is 0.235 e. The molecule has 32 heavy (non-hydrogen) atoms. The lowest BCUT2D eigenvalue weighted by molar-refractivity contribution is -0.268. The van der Waals surface area contributed by atoms with Crippen LogP contribution in [-0.2, 0) is 4.74 Å². The van der Waals surface area contributed by atoms with Gasteiger partial charge in [0, 0.05) is 6.07 Å². The molecule has 1 aliphatic heterocycles. The molecule has 2 heterocycles. The predicted molar refractivity (Wildman–Crippen MR) is 108 cm³/mol. The van der Waals surface area contributed by atoms with E-state index in [9.17, 15) is 40.5 Å². The number of ether oxygens (including phenoxy) is 2. The van der Waals surface area contributed by atoms with E-state index < -0.39 is 64.9 Å². The topological polar surface area (TPSA) is 190 Å². The zero-order valence-corrected chi connectivity index (χ0v) is 16.5. The Hall–Kier alpha value is -3.51. The lowest BCUT2D eigenvalue weighted by Gasteiger charge is -2.38. The monoisotopic (exact) mass is 448 g/mol. The van der Waals surface area contributed by atoms with Gasteiger partial charge in [-0.15, -0.1) is 0 Å². The average molecular weight is 448 g/mol. The molecule has 3 aromatic rings. The summed E-state index contributed by atoms with van der Waals surface area (Å²) in [6.07, 6.45) is -7.35. The minimum atomic E-state index is -1.74. The highest BCUT2D eigenvalue weighted by Crippen LogP contribution is 2.45. The largest absolute Gasteiger partial charge is 0.508 e. The fraction of sp³-hybridized carbons (Fsp3) is 0.286. The van der Waals surface area contributed by atoms with Gasteiger partial charge in [0.05, 0.1) is 17.1 Å². The normalized spacial score (nSPS) is 25.7. The van der Waals surface area contributed by atoms with Gasteiger partial charge in [-0.1, -0.05) is 0 Å². The summed E-state index contributed by atoms with van der Waals surface area (Å²) in [6, 6.07) is 5.83. The summed E-state index contributed by atoms with van der Waals surface area (Å²) in [4.78, 5) is 13.2. The van der Waals surface area contributed by atoms with E-state index in [2.05, 4.69) is 0 Å². The molecule has 0 saturated carbocycles. The zero-order chi connectivity index (χ0) is 23.3. The first-order valence-corrected chi connectivity index (χ1v) is 9.50. The van der Waals surface area contributed by atoms with Gasteiger partial charge >= 0.3 is 0 Å². The first-order valence-electron chi connectivity index (χ1n) is 9.50. The molecule has 1 fully saturated rings. The van der Waals surface area contributed by atoms with Crippen molar-refractivity contribution in [3.8, 4) is 40.1 Å². The highest BCUT2D eigenvalue weighted by molar-refractivity contribution is 5.85. The molecule has 1 saturated heterocycles. The standard InChI is InChI=1S/C21H20O11/c1-7-13(24)17(28)18(29)21(30-7)32-20-15(26)9-3-2-8(22)6-12(9)31-19(20)10-4-5-11(23)16(27)14(10)25/h2-7,13,17-18,21-25,27-29H,1H3/t7-,13+,17-,18-,21-/m0/s1. The number of phenolic OH excluding ortho intramolecular Hbond substituents is 4. The summed E-state index contributed by atoms with van der Waals surface area (Å²) < 4.78 is 16.6. The summed E-state index contributed by atoms with van der Waals surface area (Å²) in [5, 5.41) is 69.7. The molecule has 0 amide bonds. The Bertz CT molecular complexity index is 1230. The minimum absolute atomic E-state index is 0.0250. The second kappa shape index (κ2) is 7.88. The molecule has 1 aliphatic rings. The predicted octanol–water partition coefficient (Wildman–Crippen LogP) is 0.489. The lowest BCUT2D eigenvalue weighted by Crippen LogP contribution is -2.58. The van der Waals surface area contributed by atoms with E-state index in [0.717, 1.165) is 18.2 Å². The Kier molecular flexibility index (Phi) is 5.34. The van der Waals surface area contributed by atoms with Gasteiger partial charge in [-0.25, -0.2) is 0 Å². The number of hydrogen-bond donors (Lipinski definition) is 7. The van der Waals surface area contributed by atoms with Crippen molar-refractivity contribution in [3.05, 3.63) is 40.6 Å². The number of aromatic hydroxyl groups is 4. The molecule has 7 N–H and O–H groups in total. The van der Waals surface area contributed by atoms with E-state index in [1.54, 1.807) is 0 Å². The van der Waals surface area contributed by atoms with Crippen molar-refractivity contribution in [2.45, 2.75) is 37.6 Å². The molecule has 2 aromatic carbocycles. The van der Waals surface area contributed by atoms with Crippen molar-refractivity contribution in [1.29, 1.82) is 0 Å². The highest BCUT2D eigenvalue weighted by Gasteiger charge is 2.44. The molecule has 170 valence electrons. The second-order valence-corrected chi connectivity index (χ2v) is 7.40. The van der Waals surface area contributed by atoms with E-state index in [0.29, 0.717) is 0 Å². The molecule has 0 spiro atoms. The third-order valence-corrected chi connectivity index (χ3v) is 5.25. The van der Waals surface area contributed by atoms with Crippen LogP contribution in [0.25, 0.3) is 22.3 Å². The number of fused-ring (bicyclic) bond motifs is 1. The van der Waals surface area contributed by atoms with Crippen LogP contribution in [0, 0.1) is 0 Å². The van der Waals surface area contributed by atoms with Crippen LogP contribution in [0.3, 0.4) is 0 Å². The van der Waals surface area contributed by atoms with Crippen molar-refractivity contribution in [1.82, 2.24) is 0 Å². The fourth-order valence-corrected chi connectivity index (χ4v) is 3.43. The van der Waals surface area contributed by atoms with Crippen LogP contribution < -0.4 is 10.2 Å². The maximum atomic E-state index is 13.2. The molecule has 0 aliphatic carbocycles. The Morgan fingerprint density at radius 3 is 2.34 bits per heavy atom. The van der Waals surface area contributed by atoms with Crippen molar-refractivity contribution in [3.63, 3.8) is 0 Å². The number of phenols is 4. The van der Waals surface area contributed by atoms with E-state index in [4.69, 9.17) is 13.9 Å². The summed E-state index contributed by atoms with van der Waals surface area (Å²) in [5.74, 6) is -3.52. The molecule has 0 radical (unpaired) electrons. The van der Waals surface area contributed by atoms with Crippen LogP contribution >= 0.6 is 0 Å². The molecule has 11 nitrogen and oxygen atoms in total. The summed E-state index contributed by atoms with van der Waals surface area (Å²) in [6.45, 7) is 1.42. The second-order valence-electron chi connectivity index (χ2n) is 7.40. The molecule has 11 heteroatoms. The maximum Gasteiger partial charge on any atom is 0.235 e. The molecule has 0 bridgehead atoms. The summed E-state index contributed by atoms with van der Waals surface area (Å²) in [7, 11) is 0. The van der Waals surface area contributed by atoms with Crippen LogP contribution in [0.1, 0.15) is 6.92 Å². The third-order valence-electron chi connectivity index (χ3n) is 5.25. The summed E-state index contributed by atoms with van der Waals surface area (Å²) >= 11 is 0. The first kappa shape index (κ1) is 21.7. The molecule has 1 aromatic heterocycles. The quantitative estimate of drug-likeness (QED) is 0.276. The van der Waals surface area contributed by atoms with Crippen molar-refractivity contribution in [2.24, 2.45) is 0 Å². The van der Waals surface area contributed by atoms with Crippen LogP contribution in [0.15, 0.2) is 39.5 Å². The highest BCUT2D eigenvalue weighted by atomic mass is 16.7. The number of aliphatic hydroxyl groups is 3. The summed E-state index contributed by atoms with van der Waals surface area (Å²) in [5.41, 5.74) is -1.12. The third kappa shape index (κ3) is 3.46. The van der Waals surface area contributed by atoms with Crippen LogP contribution in [0.2, 0.25) is 0 Å². The molecular weight excluding hydrogens is 428 g/mol. The molecule has 0 unspecified atom stereocenters. The van der Waals surface area contributed by atoms with Gasteiger partial charge in [0.15, 0.2) is 17.3 Å². The lowest BCUT2D eigenvalue weighted by atomic mass is 10.00. The Morgan fingerprint density at radius 2 is 1.62 bits per heavy atom. The molecule has 4 rings (SSSR count). The minimum Gasteiger partial charge on any atom is -0.508 e. The van der Waals surface area contributed by atoms with Gasteiger partial charge in [-0.2, -0.15) is 0 Å². The Balaban J connectivity index is 1.92. The van der Waals surface area contributed by atoms with Gasteiger partial charge in [-0.05, 0) is 31.2 Å². The van der Waals surface area contributed by atoms with Crippen molar-refractivity contribution < 1.29 is 49.6 Å². The van der Waals surface area contributed by atoms with Crippen LogP contribution in [-0.4, -0.2) is 66.5 Å². The maximum absolute atomic E-state index is 13.2. The van der Waals surface area contributed by atoms with E-state index >= 15 is 0 Å². The van der Waals surface area contributed by atoms with E-state index in [1.807, 2.05) is 0 Å². The van der Waals surface area contributed by atoms with Gasteiger partial charge in [0.25, 0.3) is 0 Å². The SMILES string of the molecule is C[C@@H]1O[C@@H](Oc2c(-c3ccc(O)c(O)c3O)oc3cc(O)ccc3c2=O)[C@@H](O)[C@@H](O)[C@@H]1O. The zero-order valence-electron chi connectivity index (χ0n) is 16.5. The number of rotatable bonds is 3. The van der Waals surface area contributed by atoms with Gasteiger partial charge < -0.3 is 49.6 Å². The Labute approximate surface area is 179 Å². The van der Waals surface area contributed by atoms with Gasteiger partial charge in [-0.3, -0.25) is 4.79 Å². The number of benzene rings is 2. The van der Waals surface area contributed by atoms with Gasteiger partial charge in [0.1, 0.15) is 29.6 Å². The Morgan fingerprint density at radius 1 is 0.906 bits per heavy atom. The average Bonchev–Trinajstić information content (AvgIpc) is 2.76. The van der Waals surface area contributed by atoms with E-state index in [1.165, 1.54) is 19.1 Å². The number of aliphatic hydroxyl groups excluding tert-OH is 3. The van der Waals surface area contributed by atoms with E-state index in [-0.39, 0.29) is 22.3 Å². The van der Waals surface area contributed by atoms with Crippen molar-refractivity contribution >= 4 is 11.0 Å². The van der Waals surface area contributed by atoms with Crippen LogP contribution in [0.5, 0.6) is 28.7 Å². The van der Waals surface area contributed by atoms with Crippen LogP contribution in [0.4, 0.5) is 0 Å². The molecular formula is C21H20O11. The fourth-order valence-electron chi connectivity index (χ4n) is 3.43. The van der Waals surface area contributed by atoms with Gasteiger partial charge in [0.2, 0.25) is 23.2 Å².